The molecule has 2 amide bonds. The van der Waals surface area contributed by atoms with Gasteiger partial charge < -0.3 is 29.0 Å². The van der Waals surface area contributed by atoms with E-state index in [0.717, 1.165) is 18.7 Å². The van der Waals surface area contributed by atoms with Crippen LogP contribution in [0.25, 0.3) is 0 Å². The predicted molar refractivity (Wildman–Crippen MR) is 112 cm³/mol. The Bertz CT molecular complexity index is 677. The molecule has 1 aromatic rings. The highest BCUT2D eigenvalue weighted by molar-refractivity contribution is 5.87. The molecule has 30 heavy (non-hydrogen) atoms. The number of amides is 2. The topological polar surface area (TPSA) is 94.9 Å². The predicted octanol–water partition coefficient (Wildman–Crippen LogP) is 1.53. The van der Waals surface area contributed by atoms with Gasteiger partial charge in [0.2, 0.25) is 11.8 Å². The lowest BCUT2D eigenvalue weighted by atomic mass is 9.95. The number of hydrogen-bond donors (Lipinski definition) is 1. The van der Waals surface area contributed by atoms with Crippen LogP contribution in [-0.4, -0.2) is 77.9 Å². The van der Waals surface area contributed by atoms with Gasteiger partial charge in [-0.2, -0.15) is 0 Å². The summed E-state index contributed by atoms with van der Waals surface area (Å²) in [5.41, 5.74) is -0.383. The normalized spacial score (nSPS) is 16.5. The van der Waals surface area contributed by atoms with Crippen LogP contribution in [0.1, 0.15) is 52.3 Å². The number of nitrogens with one attached hydrogen (secondary N) is 1. The van der Waals surface area contributed by atoms with E-state index in [1.807, 2.05) is 36.4 Å². The Kier molecular flexibility index (Phi) is 9.26. The van der Waals surface area contributed by atoms with Gasteiger partial charge in [0.1, 0.15) is 18.6 Å². The van der Waals surface area contributed by atoms with Gasteiger partial charge in [0.15, 0.2) is 0 Å². The molecule has 1 atom stereocenters. The third kappa shape index (κ3) is 7.70. The average molecular weight is 425 g/mol. The first kappa shape index (κ1) is 24.3. The van der Waals surface area contributed by atoms with Crippen molar-refractivity contribution < 1.29 is 23.8 Å². The van der Waals surface area contributed by atoms with Gasteiger partial charge in [0, 0.05) is 45.4 Å². The van der Waals surface area contributed by atoms with Crippen molar-refractivity contribution in [3.63, 3.8) is 0 Å². The number of rotatable bonds is 10. The van der Waals surface area contributed by atoms with E-state index in [-0.39, 0.29) is 29.9 Å². The Morgan fingerprint density at radius 2 is 1.97 bits per heavy atom. The van der Waals surface area contributed by atoms with Gasteiger partial charge in [-0.3, -0.25) is 9.59 Å². The van der Waals surface area contributed by atoms with Crippen molar-refractivity contribution >= 4 is 11.8 Å². The summed E-state index contributed by atoms with van der Waals surface area (Å²) < 4.78 is 18.4. The van der Waals surface area contributed by atoms with E-state index >= 15 is 0 Å². The summed E-state index contributed by atoms with van der Waals surface area (Å²) >= 11 is 0. The molecule has 0 aliphatic carbocycles. The first-order valence-electron chi connectivity index (χ1n) is 10.5. The molecule has 170 valence electrons. The molecule has 0 aromatic carbocycles. The monoisotopic (exact) mass is 424 g/mol. The van der Waals surface area contributed by atoms with Gasteiger partial charge in [-0.25, -0.2) is 4.98 Å². The van der Waals surface area contributed by atoms with Crippen LogP contribution in [0.2, 0.25) is 0 Å². The van der Waals surface area contributed by atoms with E-state index < -0.39 is 6.04 Å². The molecule has 0 radical (unpaired) electrons. The van der Waals surface area contributed by atoms with Crippen LogP contribution >= 0.6 is 0 Å². The largest absolute Gasteiger partial charge is 0.382 e. The average Bonchev–Trinajstić information content (AvgIpc) is 3.15. The van der Waals surface area contributed by atoms with E-state index in [4.69, 9.17) is 14.2 Å². The van der Waals surface area contributed by atoms with Gasteiger partial charge in [0.05, 0.1) is 25.4 Å². The van der Waals surface area contributed by atoms with Crippen LogP contribution in [-0.2, 0) is 30.5 Å². The molecule has 0 spiro atoms. The lowest BCUT2D eigenvalue weighted by Gasteiger charge is -2.35. The lowest BCUT2D eigenvalue weighted by Crippen LogP contribution is -2.53. The molecule has 2 rings (SSSR count). The van der Waals surface area contributed by atoms with Crippen LogP contribution in [0.5, 0.6) is 0 Å². The molecule has 1 unspecified atom stereocenters. The lowest BCUT2D eigenvalue weighted by molar-refractivity contribution is -0.140. The second-order valence-corrected chi connectivity index (χ2v) is 8.56. The quantitative estimate of drug-likeness (QED) is 0.573. The molecule has 0 bridgehead atoms. The molecule has 9 nitrogen and oxygen atoms in total. The zero-order chi connectivity index (χ0) is 22.1. The maximum atomic E-state index is 13.0. The number of imidazole rings is 1. The van der Waals surface area contributed by atoms with Gasteiger partial charge >= 0.3 is 0 Å². The number of carbonyl (C=O) groups is 2. The van der Waals surface area contributed by atoms with E-state index in [1.54, 1.807) is 13.3 Å². The van der Waals surface area contributed by atoms with Gasteiger partial charge in [-0.15, -0.1) is 0 Å². The second kappa shape index (κ2) is 11.4. The van der Waals surface area contributed by atoms with Crippen molar-refractivity contribution in [3.05, 3.63) is 18.2 Å². The molecular weight excluding hydrogens is 388 g/mol. The molecule has 0 saturated carbocycles. The first-order valence-corrected chi connectivity index (χ1v) is 10.5. The molecule has 2 heterocycles. The number of ether oxygens (including phenoxy) is 3. The Hall–Kier alpha value is -1.97. The molecule has 1 aromatic heterocycles. The molecule has 1 aliphatic rings. The fraction of sp³-hybridized carbons (Fsp3) is 0.762. The smallest absolute Gasteiger partial charge is 0.247 e. The van der Waals surface area contributed by atoms with Crippen molar-refractivity contribution in [1.82, 2.24) is 19.8 Å². The van der Waals surface area contributed by atoms with Crippen molar-refractivity contribution in [3.8, 4) is 0 Å². The summed E-state index contributed by atoms with van der Waals surface area (Å²) in [7, 11) is 1.65. The summed E-state index contributed by atoms with van der Waals surface area (Å²) in [6, 6.07) is -0.672. The highest BCUT2D eigenvalue weighted by Crippen LogP contribution is 2.27. The Balaban J connectivity index is 1.91. The maximum Gasteiger partial charge on any atom is 0.247 e. The van der Waals surface area contributed by atoms with Crippen molar-refractivity contribution in [2.45, 2.75) is 64.8 Å². The van der Waals surface area contributed by atoms with E-state index in [0.29, 0.717) is 33.0 Å². The number of nitrogens with zero attached hydrogens (tertiary/aromatic N) is 3. The van der Waals surface area contributed by atoms with Crippen molar-refractivity contribution in [1.29, 1.82) is 0 Å². The van der Waals surface area contributed by atoms with Crippen LogP contribution in [0.15, 0.2) is 12.4 Å². The maximum absolute atomic E-state index is 13.0. The summed E-state index contributed by atoms with van der Waals surface area (Å²) in [5.74, 6) is 0.907. The molecule has 9 heteroatoms. The number of likely N-dealkylation sites (tertiary alicyclic amines) is 1. The fourth-order valence-corrected chi connectivity index (χ4v) is 3.43. The minimum Gasteiger partial charge on any atom is -0.382 e. The molecule has 1 saturated heterocycles. The number of aromatic nitrogens is 2. The van der Waals surface area contributed by atoms with E-state index in [2.05, 4.69) is 10.3 Å². The Labute approximate surface area is 179 Å². The van der Waals surface area contributed by atoms with Crippen molar-refractivity contribution in [2.24, 2.45) is 0 Å². The summed E-state index contributed by atoms with van der Waals surface area (Å²) in [4.78, 5) is 30.9. The highest BCUT2D eigenvalue weighted by Gasteiger charge is 2.31. The van der Waals surface area contributed by atoms with Crippen LogP contribution in [0, 0.1) is 0 Å². The molecule has 1 N–H and O–H groups in total. The number of piperidine rings is 1. The Morgan fingerprint density at radius 1 is 1.27 bits per heavy atom. The third-order valence-corrected chi connectivity index (χ3v) is 4.94. The number of hydrogen-bond acceptors (Lipinski definition) is 6. The Morgan fingerprint density at radius 3 is 2.57 bits per heavy atom. The zero-order valence-electron chi connectivity index (χ0n) is 18.8. The summed E-state index contributed by atoms with van der Waals surface area (Å²) in [6.07, 6.45) is 5.32. The number of methoxy groups -OCH3 is 1. The van der Waals surface area contributed by atoms with Gasteiger partial charge in [-0.05, 0) is 33.6 Å². The number of carbonyl (C=O) groups excluding carboxylic acids is 2. The second-order valence-electron chi connectivity index (χ2n) is 8.56. The summed E-state index contributed by atoms with van der Waals surface area (Å²) in [6.45, 7) is 10.1. The van der Waals surface area contributed by atoms with E-state index in [1.165, 1.54) is 6.92 Å². The van der Waals surface area contributed by atoms with Crippen LogP contribution in [0.3, 0.4) is 0 Å². The SMILES string of the molecule is COCCOCn1ccnc1C1CCN(C(=O)C(COC(C)(C)C)NC(C)=O)CC1. The third-order valence-electron chi connectivity index (χ3n) is 4.94. The highest BCUT2D eigenvalue weighted by atomic mass is 16.5. The minimum absolute atomic E-state index is 0.0980. The zero-order valence-corrected chi connectivity index (χ0v) is 18.8. The molecule has 1 fully saturated rings. The summed E-state index contributed by atoms with van der Waals surface area (Å²) in [5, 5.41) is 2.73. The van der Waals surface area contributed by atoms with E-state index in [9.17, 15) is 9.59 Å². The van der Waals surface area contributed by atoms with Crippen LogP contribution in [0.4, 0.5) is 0 Å². The first-order chi connectivity index (χ1) is 14.2. The minimum atomic E-state index is -0.672. The van der Waals surface area contributed by atoms with Gasteiger partial charge in [-0.1, -0.05) is 0 Å². The van der Waals surface area contributed by atoms with Crippen molar-refractivity contribution in [2.75, 3.05) is 40.0 Å². The standard InChI is InChI=1S/C21H36N4O5/c1-16(26)23-18(14-30-21(2,3)4)20(27)24-9-6-17(7-10-24)19-22-8-11-25(19)15-29-13-12-28-5/h8,11,17-18H,6-7,9-10,12-15H2,1-5H3,(H,23,26). The van der Waals surface area contributed by atoms with Gasteiger partial charge in [0.25, 0.3) is 0 Å². The fourth-order valence-electron chi connectivity index (χ4n) is 3.43. The molecule has 1 aliphatic heterocycles. The molecular formula is C21H36N4O5. The van der Waals surface area contributed by atoms with Crippen LogP contribution < -0.4 is 5.32 Å².